The van der Waals surface area contributed by atoms with Crippen molar-refractivity contribution in [3.05, 3.63) is 59.7 Å². The minimum absolute atomic E-state index is 0.350. The van der Waals surface area contributed by atoms with E-state index in [4.69, 9.17) is 4.74 Å². The lowest BCUT2D eigenvalue weighted by Gasteiger charge is -2.28. The van der Waals surface area contributed by atoms with E-state index in [-0.39, 0.29) is 6.54 Å². The number of nitrogens with zero attached hydrogens (tertiary/aromatic N) is 2. The summed E-state index contributed by atoms with van der Waals surface area (Å²) in [6.45, 7) is 6.32. The van der Waals surface area contributed by atoms with Gasteiger partial charge in [-0.05, 0) is 43.7 Å². The maximum atomic E-state index is 13.0. The van der Waals surface area contributed by atoms with Crippen molar-refractivity contribution in [2.75, 3.05) is 43.1 Å². The zero-order chi connectivity index (χ0) is 22.0. The van der Waals surface area contributed by atoms with Crippen molar-refractivity contribution in [3.63, 3.8) is 0 Å². The Hall–Kier alpha value is -3.39. The van der Waals surface area contributed by atoms with Crippen LogP contribution in [0.4, 0.5) is 16.2 Å². The van der Waals surface area contributed by atoms with Crippen LogP contribution < -0.4 is 15.5 Å². The molecule has 2 aromatic carbocycles. The average Bonchev–Trinajstić information content (AvgIpc) is 2.99. The number of amides is 4. The highest BCUT2D eigenvalue weighted by Crippen LogP contribution is 2.29. The molecule has 0 spiro atoms. The summed E-state index contributed by atoms with van der Waals surface area (Å²) in [7, 11) is 0. The van der Waals surface area contributed by atoms with E-state index in [0.717, 1.165) is 29.2 Å². The quantitative estimate of drug-likeness (QED) is 0.722. The molecule has 0 aliphatic carbocycles. The molecule has 162 valence electrons. The van der Waals surface area contributed by atoms with Crippen molar-refractivity contribution in [1.29, 1.82) is 0 Å². The van der Waals surface area contributed by atoms with E-state index in [9.17, 15) is 14.4 Å². The summed E-state index contributed by atoms with van der Waals surface area (Å²) >= 11 is 0. The Labute approximate surface area is 181 Å². The molecule has 0 unspecified atom stereocenters. The number of nitrogens with one attached hydrogen (secondary N) is 2. The van der Waals surface area contributed by atoms with Crippen LogP contribution >= 0.6 is 0 Å². The van der Waals surface area contributed by atoms with E-state index in [0.29, 0.717) is 24.5 Å². The third-order valence-corrected chi connectivity index (χ3v) is 5.73. The Balaban J connectivity index is 1.39. The van der Waals surface area contributed by atoms with Crippen molar-refractivity contribution in [2.45, 2.75) is 19.4 Å². The fourth-order valence-electron chi connectivity index (χ4n) is 3.84. The highest BCUT2D eigenvalue weighted by atomic mass is 16.5. The van der Waals surface area contributed by atoms with Gasteiger partial charge in [0.2, 0.25) is 5.91 Å². The maximum Gasteiger partial charge on any atom is 0.325 e. The van der Waals surface area contributed by atoms with Gasteiger partial charge in [0, 0.05) is 24.5 Å². The number of imide groups is 1. The van der Waals surface area contributed by atoms with Crippen LogP contribution in [0.3, 0.4) is 0 Å². The molecule has 2 aliphatic heterocycles. The monoisotopic (exact) mass is 422 g/mol. The SMILES string of the molecule is Cc1ccc([C@]2(C)NC(=O)N(CC(=O)Nc3ccc(N4CCOCC4)cc3)C2=O)cc1. The molecular formula is C23H26N4O4. The summed E-state index contributed by atoms with van der Waals surface area (Å²) in [5.74, 6) is -0.880. The topological polar surface area (TPSA) is 91.0 Å². The summed E-state index contributed by atoms with van der Waals surface area (Å²) in [5.41, 5.74) is 2.21. The van der Waals surface area contributed by atoms with Crippen molar-refractivity contribution in [3.8, 4) is 0 Å². The van der Waals surface area contributed by atoms with Gasteiger partial charge in [-0.15, -0.1) is 0 Å². The van der Waals surface area contributed by atoms with Gasteiger partial charge in [-0.3, -0.25) is 14.5 Å². The van der Waals surface area contributed by atoms with Crippen LogP contribution in [0, 0.1) is 6.92 Å². The lowest BCUT2D eigenvalue weighted by Crippen LogP contribution is -2.42. The molecule has 2 saturated heterocycles. The van der Waals surface area contributed by atoms with E-state index in [1.165, 1.54) is 0 Å². The molecule has 4 rings (SSSR count). The molecule has 2 aliphatic rings. The van der Waals surface area contributed by atoms with E-state index in [1.54, 1.807) is 6.92 Å². The highest BCUT2D eigenvalue weighted by Gasteiger charge is 2.49. The molecule has 0 radical (unpaired) electrons. The van der Waals surface area contributed by atoms with Crippen molar-refractivity contribution in [1.82, 2.24) is 10.2 Å². The Morgan fingerprint density at radius 1 is 1.06 bits per heavy atom. The molecule has 8 nitrogen and oxygen atoms in total. The van der Waals surface area contributed by atoms with Crippen LogP contribution in [-0.4, -0.2) is 55.6 Å². The lowest BCUT2D eigenvalue weighted by atomic mass is 9.91. The van der Waals surface area contributed by atoms with Gasteiger partial charge in [0.15, 0.2) is 0 Å². The maximum absolute atomic E-state index is 13.0. The second kappa shape index (κ2) is 8.39. The van der Waals surface area contributed by atoms with Gasteiger partial charge in [0.25, 0.3) is 5.91 Å². The van der Waals surface area contributed by atoms with Gasteiger partial charge in [-0.1, -0.05) is 29.8 Å². The minimum Gasteiger partial charge on any atom is -0.378 e. The summed E-state index contributed by atoms with van der Waals surface area (Å²) in [6.07, 6.45) is 0. The zero-order valence-corrected chi connectivity index (χ0v) is 17.7. The second-order valence-corrected chi connectivity index (χ2v) is 8.01. The van der Waals surface area contributed by atoms with Crippen molar-refractivity contribution >= 4 is 29.2 Å². The average molecular weight is 422 g/mol. The molecule has 0 saturated carbocycles. The molecule has 31 heavy (non-hydrogen) atoms. The summed E-state index contributed by atoms with van der Waals surface area (Å²) in [5, 5.41) is 5.48. The predicted molar refractivity (Wildman–Crippen MR) is 117 cm³/mol. The molecule has 0 aromatic heterocycles. The molecule has 2 heterocycles. The van der Waals surface area contributed by atoms with Crippen LogP contribution in [0.25, 0.3) is 0 Å². The summed E-state index contributed by atoms with van der Waals surface area (Å²) in [4.78, 5) is 41.1. The first-order valence-electron chi connectivity index (χ1n) is 10.3. The van der Waals surface area contributed by atoms with Crippen LogP contribution in [0.1, 0.15) is 18.1 Å². The number of hydrogen-bond acceptors (Lipinski definition) is 5. The lowest BCUT2D eigenvalue weighted by molar-refractivity contribution is -0.133. The van der Waals surface area contributed by atoms with Crippen molar-refractivity contribution in [2.24, 2.45) is 0 Å². The highest BCUT2D eigenvalue weighted by molar-refractivity contribution is 6.10. The molecule has 0 bridgehead atoms. The number of carbonyl (C=O) groups is 3. The van der Waals surface area contributed by atoms with Gasteiger partial charge in [-0.25, -0.2) is 4.79 Å². The zero-order valence-electron chi connectivity index (χ0n) is 17.7. The Morgan fingerprint density at radius 2 is 1.71 bits per heavy atom. The van der Waals surface area contributed by atoms with Crippen LogP contribution in [-0.2, 0) is 19.9 Å². The number of benzene rings is 2. The van der Waals surface area contributed by atoms with Gasteiger partial charge in [-0.2, -0.15) is 0 Å². The normalized spacial score (nSPS) is 21.2. The number of rotatable bonds is 5. The third-order valence-electron chi connectivity index (χ3n) is 5.73. The Morgan fingerprint density at radius 3 is 2.35 bits per heavy atom. The fraction of sp³-hybridized carbons (Fsp3) is 0.348. The number of aryl methyl sites for hydroxylation is 1. The van der Waals surface area contributed by atoms with Crippen LogP contribution in [0.5, 0.6) is 0 Å². The number of hydrogen-bond donors (Lipinski definition) is 2. The van der Waals surface area contributed by atoms with E-state index in [2.05, 4.69) is 15.5 Å². The van der Waals surface area contributed by atoms with Gasteiger partial charge in [0.1, 0.15) is 12.1 Å². The Kier molecular flexibility index (Phi) is 5.65. The predicted octanol–water partition coefficient (Wildman–Crippen LogP) is 2.24. The number of morpholine rings is 1. The van der Waals surface area contributed by atoms with E-state index in [1.807, 2.05) is 55.5 Å². The number of carbonyl (C=O) groups excluding carboxylic acids is 3. The number of anilines is 2. The first-order valence-corrected chi connectivity index (χ1v) is 10.3. The smallest absolute Gasteiger partial charge is 0.325 e. The van der Waals surface area contributed by atoms with Gasteiger partial charge in [0.05, 0.1) is 13.2 Å². The second-order valence-electron chi connectivity index (χ2n) is 8.01. The summed E-state index contributed by atoms with van der Waals surface area (Å²) < 4.78 is 5.36. The van der Waals surface area contributed by atoms with Gasteiger partial charge >= 0.3 is 6.03 Å². The van der Waals surface area contributed by atoms with Crippen molar-refractivity contribution < 1.29 is 19.1 Å². The molecule has 4 amide bonds. The summed E-state index contributed by atoms with van der Waals surface area (Å²) in [6, 6.07) is 14.3. The number of urea groups is 1. The first-order chi connectivity index (χ1) is 14.9. The van der Waals surface area contributed by atoms with E-state index < -0.39 is 23.4 Å². The fourth-order valence-corrected chi connectivity index (χ4v) is 3.84. The Bertz CT molecular complexity index is 984. The minimum atomic E-state index is -1.19. The molecule has 2 fully saturated rings. The van der Waals surface area contributed by atoms with E-state index >= 15 is 0 Å². The molecule has 2 aromatic rings. The molecular weight excluding hydrogens is 396 g/mol. The molecule has 8 heteroatoms. The third kappa shape index (κ3) is 4.25. The van der Waals surface area contributed by atoms with Crippen LogP contribution in [0.2, 0.25) is 0 Å². The molecule has 2 N–H and O–H groups in total. The number of ether oxygens (including phenoxy) is 1. The van der Waals surface area contributed by atoms with Crippen LogP contribution in [0.15, 0.2) is 48.5 Å². The molecule has 1 atom stereocenters. The van der Waals surface area contributed by atoms with Gasteiger partial charge < -0.3 is 20.3 Å². The first kappa shape index (κ1) is 20.9. The largest absolute Gasteiger partial charge is 0.378 e. The standard InChI is InChI=1S/C23H26N4O4/c1-16-3-5-17(6-4-16)23(2)21(29)27(22(30)25-23)15-20(28)24-18-7-9-19(10-8-18)26-11-13-31-14-12-26/h3-10H,11-15H2,1-2H3,(H,24,28)(H,25,30)/t23-/m0/s1.